The van der Waals surface area contributed by atoms with Crippen molar-refractivity contribution in [2.24, 2.45) is 5.92 Å². The van der Waals surface area contributed by atoms with Crippen molar-refractivity contribution >= 4 is 45.7 Å². The number of aromatic nitrogens is 2. The molecule has 8 heteroatoms. The van der Waals surface area contributed by atoms with Gasteiger partial charge in [0.15, 0.2) is 0 Å². The van der Waals surface area contributed by atoms with E-state index in [1.807, 2.05) is 0 Å². The number of piperidine rings is 1. The maximum Gasteiger partial charge on any atom is 0.223 e. The molecule has 1 atom stereocenters. The molecule has 0 bridgehead atoms. The first kappa shape index (κ1) is 20.3. The summed E-state index contributed by atoms with van der Waals surface area (Å²) in [6.45, 7) is 7.88. The zero-order valence-electron chi connectivity index (χ0n) is 16.0. The number of fused-ring (bicyclic) bond motifs is 1. The number of nitrogens with one attached hydrogen (secondary N) is 2. The van der Waals surface area contributed by atoms with Gasteiger partial charge in [0.25, 0.3) is 0 Å². The molecule has 0 aromatic carbocycles. The minimum absolute atomic E-state index is 0. The highest BCUT2D eigenvalue weighted by Crippen LogP contribution is 2.35. The predicted octanol–water partition coefficient (Wildman–Crippen LogP) is 2.81. The van der Waals surface area contributed by atoms with Gasteiger partial charge in [0.2, 0.25) is 5.91 Å². The Morgan fingerprint density at radius 2 is 2.07 bits per heavy atom. The van der Waals surface area contributed by atoms with E-state index in [4.69, 9.17) is 0 Å². The summed E-state index contributed by atoms with van der Waals surface area (Å²) in [5, 5.41) is 7.76. The average Bonchev–Trinajstić information content (AvgIpc) is 3.28. The molecule has 1 unspecified atom stereocenters. The number of hydrogen-bond donors (Lipinski definition) is 2. The standard InChI is InChI=1S/C19H27N5OS.ClH/c1-12-13(2)26-19-16(12)17(22-11-23-19)24-8-5-14(6-9-24)18(25)21-10-15-4-3-7-20-15;/h11,14-15,20H,3-10H2,1-2H3,(H,21,25);1H. The Kier molecular flexibility index (Phi) is 6.55. The van der Waals surface area contributed by atoms with Crippen LogP contribution in [-0.4, -0.2) is 48.1 Å². The molecule has 2 saturated heterocycles. The number of rotatable bonds is 4. The third-order valence-electron chi connectivity index (χ3n) is 5.80. The molecule has 0 radical (unpaired) electrons. The SMILES string of the molecule is Cc1sc2ncnc(N3CCC(C(=O)NCC4CCCN4)CC3)c2c1C.Cl. The third-order valence-corrected chi connectivity index (χ3v) is 6.91. The van der Waals surface area contributed by atoms with E-state index in [1.165, 1.54) is 28.7 Å². The molecule has 148 valence electrons. The van der Waals surface area contributed by atoms with E-state index in [0.29, 0.717) is 6.04 Å². The minimum Gasteiger partial charge on any atom is -0.356 e. The largest absolute Gasteiger partial charge is 0.356 e. The molecule has 0 aliphatic carbocycles. The van der Waals surface area contributed by atoms with Gasteiger partial charge < -0.3 is 15.5 Å². The lowest BCUT2D eigenvalue weighted by Gasteiger charge is -2.32. The molecule has 2 aliphatic heterocycles. The summed E-state index contributed by atoms with van der Waals surface area (Å²) >= 11 is 1.73. The molecule has 0 spiro atoms. The number of halogens is 1. The summed E-state index contributed by atoms with van der Waals surface area (Å²) in [5.41, 5.74) is 1.28. The van der Waals surface area contributed by atoms with E-state index in [0.717, 1.165) is 49.7 Å². The predicted molar refractivity (Wildman–Crippen MR) is 113 cm³/mol. The molecule has 1 amide bonds. The summed E-state index contributed by atoms with van der Waals surface area (Å²) in [6, 6.07) is 0.457. The lowest BCUT2D eigenvalue weighted by molar-refractivity contribution is -0.125. The molecule has 2 N–H and O–H groups in total. The Labute approximate surface area is 170 Å². The fourth-order valence-corrected chi connectivity index (χ4v) is 5.05. The molecular formula is C19H28ClN5OS. The van der Waals surface area contributed by atoms with Gasteiger partial charge in [-0.3, -0.25) is 4.79 Å². The lowest BCUT2D eigenvalue weighted by atomic mass is 9.95. The molecule has 0 saturated carbocycles. The second-order valence-electron chi connectivity index (χ2n) is 7.46. The normalized spacial score (nSPS) is 20.7. The minimum atomic E-state index is 0. The molecule has 2 aromatic rings. The van der Waals surface area contributed by atoms with Crippen LogP contribution in [-0.2, 0) is 4.79 Å². The molecule has 4 rings (SSSR count). The first-order valence-corrected chi connectivity index (χ1v) is 10.4. The number of nitrogens with zero attached hydrogens (tertiary/aromatic N) is 3. The van der Waals surface area contributed by atoms with Gasteiger partial charge in [-0.2, -0.15) is 0 Å². The first-order valence-electron chi connectivity index (χ1n) is 9.60. The van der Waals surface area contributed by atoms with Gasteiger partial charge in [-0.15, -0.1) is 23.7 Å². The van der Waals surface area contributed by atoms with Gasteiger partial charge in [0, 0.05) is 36.5 Å². The zero-order valence-corrected chi connectivity index (χ0v) is 17.6. The van der Waals surface area contributed by atoms with Gasteiger partial charge in [-0.25, -0.2) is 9.97 Å². The maximum absolute atomic E-state index is 12.5. The van der Waals surface area contributed by atoms with E-state index in [9.17, 15) is 4.79 Å². The summed E-state index contributed by atoms with van der Waals surface area (Å²) in [6.07, 6.45) is 5.82. The van der Waals surface area contributed by atoms with Crippen molar-refractivity contribution in [1.29, 1.82) is 0 Å². The fourth-order valence-electron chi connectivity index (χ4n) is 4.06. The Morgan fingerprint density at radius 3 is 2.78 bits per heavy atom. The van der Waals surface area contributed by atoms with Crippen molar-refractivity contribution in [3.63, 3.8) is 0 Å². The maximum atomic E-state index is 12.5. The van der Waals surface area contributed by atoms with E-state index in [1.54, 1.807) is 17.7 Å². The topological polar surface area (TPSA) is 70.2 Å². The number of anilines is 1. The average molecular weight is 410 g/mol. The van der Waals surface area contributed by atoms with Crippen molar-refractivity contribution in [3.8, 4) is 0 Å². The van der Waals surface area contributed by atoms with Gasteiger partial charge >= 0.3 is 0 Å². The molecule has 2 aromatic heterocycles. The van der Waals surface area contributed by atoms with E-state index in [2.05, 4.69) is 39.3 Å². The number of hydrogen-bond acceptors (Lipinski definition) is 6. The monoisotopic (exact) mass is 409 g/mol. The Hall–Kier alpha value is -1.44. The van der Waals surface area contributed by atoms with Crippen molar-refractivity contribution in [3.05, 3.63) is 16.8 Å². The van der Waals surface area contributed by atoms with Crippen LogP contribution in [0.2, 0.25) is 0 Å². The highest BCUT2D eigenvalue weighted by molar-refractivity contribution is 7.18. The summed E-state index contributed by atoms with van der Waals surface area (Å²) in [7, 11) is 0. The van der Waals surface area contributed by atoms with E-state index in [-0.39, 0.29) is 24.2 Å². The van der Waals surface area contributed by atoms with Crippen molar-refractivity contribution in [2.45, 2.75) is 45.6 Å². The fraction of sp³-hybridized carbons (Fsp3) is 0.632. The number of carbonyl (C=O) groups excluding carboxylic acids is 1. The van der Waals surface area contributed by atoms with Crippen LogP contribution in [0.15, 0.2) is 6.33 Å². The van der Waals surface area contributed by atoms with Crippen molar-refractivity contribution in [1.82, 2.24) is 20.6 Å². The van der Waals surface area contributed by atoms with Crippen LogP contribution in [0.25, 0.3) is 10.2 Å². The highest BCUT2D eigenvalue weighted by atomic mass is 35.5. The Bertz CT molecular complexity index is 797. The second-order valence-corrected chi connectivity index (χ2v) is 8.66. The zero-order chi connectivity index (χ0) is 18.1. The van der Waals surface area contributed by atoms with E-state index >= 15 is 0 Å². The van der Waals surface area contributed by atoms with Gasteiger partial charge in [-0.1, -0.05) is 0 Å². The van der Waals surface area contributed by atoms with Crippen molar-refractivity contribution in [2.75, 3.05) is 31.1 Å². The van der Waals surface area contributed by atoms with Crippen molar-refractivity contribution < 1.29 is 4.79 Å². The van der Waals surface area contributed by atoms with Crippen LogP contribution >= 0.6 is 23.7 Å². The van der Waals surface area contributed by atoms with Gasteiger partial charge in [-0.05, 0) is 51.6 Å². The summed E-state index contributed by atoms with van der Waals surface area (Å²) in [4.78, 5) is 26.2. The number of aryl methyl sites for hydroxylation is 2. The van der Waals surface area contributed by atoms with Gasteiger partial charge in [0.1, 0.15) is 17.0 Å². The second kappa shape index (κ2) is 8.71. The van der Waals surface area contributed by atoms with E-state index < -0.39 is 0 Å². The van der Waals surface area contributed by atoms with Crippen LogP contribution in [0.5, 0.6) is 0 Å². The van der Waals surface area contributed by atoms with Gasteiger partial charge in [0.05, 0.1) is 5.39 Å². The smallest absolute Gasteiger partial charge is 0.223 e. The Balaban J connectivity index is 0.00000210. The highest BCUT2D eigenvalue weighted by Gasteiger charge is 2.27. The van der Waals surface area contributed by atoms with Crippen LogP contribution in [0, 0.1) is 19.8 Å². The molecular weight excluding hydrogens is 382 g/mol. The molecule has 2 aliphatic rings. The molecule has 6 nitrogen and oxygen atoms in total. The summed E-state index contributed by atoms with van der Waals surface area (Å²) < 4.78 is 0. The van der Waals surface area contributed by atoms with Crippen LogP contribution in [0.3, 0.4) is 0 Å². The Morgan fingerprint density at radius 1 is 1.30 bits per heavy atom. The number of carbonyl (C=O) groups is 1. The molecule has 4 heterocycles. The van der Waals surface area contributed by atoms with Crippen LogP contribution in [0.1, 0.15) is 36.1 Å². The number of amides is 1. The molecule has 27 heavy (non-hydrogen) atoms. The van der Waals surface area contributed by atoms with Crippen LogP contribution in [0.4, 0.5) is 5.82 Å². The lowest BCUT2D eigenvalue weighted by Crippen LogP contribution is -2.44. The molecule has 2 fully saturated rings. The first-order chi connectivity index (χ1) is 12.6. The van der Waals surface area contributed by atoms with Crippen LogP contribution < -0.4 is 15.5 Å². The number of thiophene rings is 1. The third kappa shape index (κ3) is 4.20. The quantitative estimate of drug-likeness (QED) is 0.812. The summed E-state index contributed by atoms with van der Waals surface area (Å²) in [5.74, 6) is 1.37.